The van der Waals surface area contributed by atoms with Gasteiger partial charge in [-0.25, -0.2) is 16.8 Å². The quantitative estimate of drug-likeness (QED) is 0.211. The fourth-order valence-corrected chi connectivity index (χ4v) is 6.54. The molecule has 4 rings (SSSR count). The van der Waals surface area contributed by atoms with Crippen molar-refractivity contribution >= 4 is 72.0 Å². The third-order valence-corrected chi connectivity index (χ3v) is 9.16. The van der Waals surface area contributed by atoms with Gasteiger partial charge in [-0.05, 0) is 62.4 Å². The van der Waals surface area contributed by atoms with Gasteiger partial charge in [-0.1, -0.05) is 41.4 Å². The molecular weight excluding hydrogens is 612 g/mol. The second-order valence-electron chi connectivity index (χ2n) is 8.20. The van der Waals surface area contributed by atoms with Crippen molar-refractivity contribution in [2.45, 2.75) is 29.7 Å². The molecule has 0 bridgehead atoms. The van der Waals surface area contributed by atoms with Crippen LogP contribution in [-0.2, 0) is 24.9 Å². The summed E-state index contributed by atoms with van der Waals surface area (Å²) in [5, 5.41) is 12.5. The van der Waals surface area contributed by atoms with Crippen LogP contribution in [0.2, 0.25) is 10.0 Å². The second kappa shape index (κ2) is 12.7. The molecule has 3 aromatic carbocycles. The van der Waals surface area contributed by atoms with Gasteiger partial charge in [-0.15, -0.1) is 0 Å². The second-order valence-corrected chi connectivity index (χ2v) is 12.2. The third kappa shape index (κ3) is 6.58. The van der Waals surface area contributed by atoms with Crippen LogP contribution in [0.4, 0.5) is 17.1 Å². The fourth-order valence-electron chi connectivity index (χ4n) is 3.76. The van der Waals surface area contributed by atoms with E-state index in [1.165, 1.54) is 35.5 Å². The number of anilines is 2. The number of amides is 1. The van der Waals surface area contributed by atoms with Crippen molar-refractivity contribution in [3.05, 3.63) is 76.8 Å². The van der Waals surface area contributed by atoms with Crippen LogP contribution >= 0.6 is 23.2 Å². The first-order chi connectivity index (χ1) is 18.3. The van der Waals surface area contributed by atoms with Crippen LogP contribution in [0.15, 0.2) is 91.9 Å². The predicted molar refractivity (Wildman–Crippen MR) is 146 cm³/mol. The van der Waals surface area contributed by atoms with Crippen LogP contribution in [0, 0.1) is 0 Å². The number of carbonyl (C=O) groups excluding carboxylic acids is 1. The first kappa shape index (κ1) is 32.2. The Morgan fingerprint density at radius 1 is 1.00 bits per heavy atom. The van der Waals surface area contributed by atoms with E-state index in [-0.39, 0.29) is 57.4 Å². The van der Waals surface area contributed by atoms with Crippen molar-refractivity contribution in [1.82, 2.24) is 0 Å². The van der Waals surface area contributed by atoms with E-state index in [0.717, 1.165) is 17.1 Å². The van der Waals surface area contributed by atoms with Gasteiger partial charge in [0, 0.05) is 6.54 Å². The van der Waals surface area contributed by atoms with Gasteiger partial charge in [-0.2, -0.15) is 20.3 Å². The normalized spacial score (nSPS) is 15.7. The SMILES string of the molecule is CCN(c1ccccc1)S(=O)(=O)c1ccc(N=NC2C(=O)N(c3cc(Cl)c(S(=O)(=O)[O-])cc3Cl)N=C2C)cc1.[Na+]. The molecule has 1 aliphatic heterocycles. The topological polar surface area (TPSA) is 152 Å². The van der Waals surface area contributed by atoms with Crippen molar-refractivity contribution < 1.29 is 55.7 Å². The third-order valence-electron chi connectivity index (χ3n) is 5.64. The average Bonchev–Trinajstić information content (AvgIpc) is 3.17. The predicted octanol–water partition coefficient (Wildman–Crippen LogP) is 1.99. The molecule has 1 amide bonds. The molecule has 0 radical (unpaired) electrons. The zero-order valence-electron chi connectivity index (χ0n) is 21.4. The molecule has 1 unspecified atom stereocenters. The summed E-state index contributed by atoms with van der Waals surface area (Å²) in [6, 6.07) is 15.2. The molecule has 0 saturated heterocycles. The summed E-state index contributed by atoms with van der Waals surface area (Å²) in [5.74, 6) is -0.646. The van der Waals surface area contributed by atoms with E-state index in [9.17, 15) is 26.2 Å². The van der Waals surface area contributed by atoms with Gasteiger partial charge in [0.25, 0.3) is 15.9 Å². The van der Waals surface area contributed by atoms with Crippen molar-refractivity contribution in [2.75, 3.05) is 15.9 Å². The van der Waals surface area contributed by atoms with E-state index < -0.39 is 42.0 Å². The molecule has 11 nitrogen and oxygen atoms in total. The number of halogens is 2. The summed E-state index contributed by atoms with van der Waals surface area (Å²) in [7, 11) is -8.71. The molecule has 0 saturated carbocycles. The van der Waals surface area contributed by atoms with Gasteiger partial charge in [0.2, 0.25) is 0 Å². The molecule has 40 heavy (non-hydrogen) atoms. The number of nitrogens with zero attached hydrogens (tertiary/aromatic N) is 5. The molecule has 16 heteroatoms. The van der Waals surface area contributed by atoms with Crippen LogP contribution in [0.3, 0.4) is 0 Å². The van der Waals surface area contributed by atoms with Crippen LogP contribution in [-0.4, -0.2) is 45.6 Å². The minimum absolute atomic E-state index is 0. The van der Waals surface area contributed by atoms with E-state index in [2.05, 4.69) is 15.3 Å². The van der Waals surface area contributed by atoms with Crippen LogP contribution < -0.4 is 38.9 Å². The summed E-state index contributed by atoms with van der Waals surface area (Å²) in [5.41, 5.74) is 1.05. The van der Waals surface area contributed by atoms with Crippen molar-refractivity contribution in [3.63, 3.8) is 0 Å². The summed E-state index contributed by atoms with van der Waals surface area (Å²) < 4.78 is 61.6. The molecule has 0 aromatic heterocycles. The Labute approximate surface area is 263 Å². The Morgan fingerprint density at radius 2 is 1.62 bits per heavy atom. The number of sulfonamides is 1. The number of hydrogen-bond acceptors (Lipinski definition) is 9. The summed E-state index contributed by atoms with van der Waals surface area (Å²) in [6.45, 7) is 3.50. The number of carbonyl (C=O) groups is 1. The maximum Gasteiger partial charge on any atom is 1.00 e. The molecule has 1 atom stereocenters. The minimum atomic E-state index is -4.88. The number of hydrogen-bond donors (Lipinski definition) is 0. The van der Waals surface area contributed by atoms with E-state index in [0.29, 0.717) is 11.4 Å². The van der Waals surface area contributed by atoms with Crippen LogP contribution in [0.5, 0.6) is 0 Å². The van der Waals surface area contributed by atoms with Gasteiger partial charge in [-0.3, -0.25) is 9.10 Å². The standard InChI is InChI=1S/C24H21Cl2N5O6S2.Na/c1-3-30(17-7-5-4-6-8-17)38(33,34)18-11-9-16(10-12-18)27-28-23-15(2)29-31(24(23)32)21-13-20(26)22(14-19(21)25)39(35,36)37;/h4-14,23H,3H2,1-2H3,(H,35,36,37);/q;+1/p-1. The van der Waals surface area contributed by atoms with Gasteiger partial charge in [0.1, 0.15) is 10.1 Å². The van der Waals surface area contributed by atoms with Crippen LogP contribution in [0.1, 0.15) is 13.8 Å². The molecule has 0 N–H and O–H groups in total. The van der Waals surface area contributed by atoms with Gasteiger partial charge in [0.15, 0.2) is 6.04 Å². The van der Waals surface area contributed by atoms with Crippen molar-refractivity contribution in [2.24, 2.45) is 15.3 Å². The number of hydrazone groups is 1. The maximum absolute atomic E-state index is 13.2. The van der Waals surface area contributed by atoms with Crippen molar-refractivity contribution in [1.29, 1.82) is 0 Å². The largest absolute Gasteiger partial charge is 1.00 e. The fraction of sp³-hybridized carbons (Fsp3) is 0.167. The van der Waals surface area contributed by atoms with Gasteiger partial charge in [0.05, 0.1) is 42.6 Å². The first-order valence-corrected chi connectivity index (χ1v) is 14.9. The molecule has 1 aliphatic rings. The summed E-state index contributed by atoms with van der Waals surface area (Å²) in [6.07, 6.45) is 0. The maximum atomic E-state index is 13.2. The Hall–Kier alpha value is -2.36. The Morgan fingerprint density at radius 3 is 2.20 bits per heavy atom. The van der Waals surface area contributed by atoms with E-state index in [4.69, 9.17) is 23.2 Å². The zero-order chi connectivity index (χ0) is 28.5. The monoisotopic (exact) mass is 631 g/mol. The van der Waals surface area contributed by atoms with Gasteiger partial charge < -0.3 is 4.55 Å². The Kier molecular flexibility index (Phi) is 10.2. The van der Waals surface area contributed by atoms with E-state index >= 15 is 0 Å². The Bertz CT molecular complexity index is 1700. The first-order valence-electron chi connectivity index (χ1n) is 11.3. The van der Waals surface area contributed by atoms with Gasteiger partial charge >= 0.3 is 29.6 Å². The van der Waals surface area contributed by atoms with Crippen LogP contribution in [0.25, 0.3) is 0 Å². The molecule has 0 fully saturated rings. The molecule has 204 valence electrons. The minimum Gasteiger partial charge on any atom is -0.744 e. The molecule has 0 spiro atoms. The molecular formula is C24H20Cl2N5NaO6S2. The Balaban J connectivity index is 0.00000441. The zero-order valence-corrected chi connectivity index (χ0v) is 26.5. The molecule has 0 aliphatic carbocycles. The smallest absolute Gasteiger partial charge is 0.744 e. The van der Waals surface area contributed by atoms with E-state index in [1.54, 1.807) is 37.3 Å². The average molecular weight is 632 g/mol. The van der Waals surface area contributed by atoms with E-state index in [1.807, 2.05) is 0 Å². The molecule has 3 aromatic rings. The number of rotatable bonds is 8. The number of para-hydroxylation sites is 1. The summed E-state index contributed by atoms with van der Waals surface area (Å²) in [4.78, 5) is 12.3. The number of azo groups is 1. The number of benzene rings is 3. The van der Waals surface area contributed by atoms with Crippen molar-refractivity contribution in [3.8, 4) is 0 Å². The summed E-state index contributed by atoms with van der Waals surface area (Å²) >= 11 is 12.0. The molecule has 1 heterocycles.